The minimum Gasteiger partial charge on any atom is -0.507 e. The van der Waals surface area contributed by atoms with Gasteiger partial charge in [0.05, 0.1) is 6.04 Å². The van der Waals surface area contributed by atoms with Crippen LogP contribution in [0, 0.1) is 5.82 Å². The van der Waals surface area contributed by atoms with Crippen molar-refractivity contribution >= 4 is 11.2 Å². The number of rotatable bonds is 4. The molecule has 1 aliphatic rings. The van der Waals surface area contributed by atoms with E-state index in [2.05, 4.69) is 15.1 Å². The minimum absolute atomic E-state index is 0.146. The van der Waals surface area contributed by atoms with Crippen LogP contribution in [-0.4, -0.2) is 24.9 Å². The quantitative estimate of drug-likeness (QED) is 0.549. The van der Waals surface area contributed by atoms with Gasteiger partial charge in [0.2, 0.25) is 0 Å². The molecule has 3 N–H and O–H groups in total. The zero-order valence-electron chi connectivity index (χ0n) is 15.6. The van der Waals surface area contributed by atoms with Gasteiger partial charge < -0.3 is 10.1 Å². The van der Waals surface area contributed by atoms with Crippen LogP contribution in [0.2, 0.25) is 0 Å². The Bertz CT molecular complexity index is 1110. The number of phenolic OH excluding ortho intramolecular Hbond substituents is 1. The van der Waals surface area contributed by atoms with Crippen molar-refractivity contribution in [3.05, 3.63) is 45.3 Å². The fourth-order valence-electron chi connectivity index (χ4n) is 4.16. The zero-order valence-corrected chi connectivity index (χ0v) is 15.6. The van der Waals surface area contributed by atoms with E-state index in [1.807, 2.05) is 0 Å². The lowest BCUT2D eigenvalue weighted by Crippen LogP contribution is -2.24. The third-order valence-corrected chi connectivity index (χ3v) is 5.59. The fourth-order valence-corrected chi connectivity index (χ4v) is 4.16. The van der Waals surface area contributed by atoms with Gasteiger partial charge in [-0.25, -0.2) is 14.1 Å². The van der Waals surface area contributed by atoms with E-state index in [-0.39, 0.29) is 29.5 Å². The number of aromatic nitrogens is 4. The Morgan fingerprint density at radius 1 is 1.31 bits per heavy atom. The average molecular weight is 412 g/mol. The summed E-state index contributed by atoms with van der Waals surface area (Å²) in [5.41, 5.74) is -1.79. The summed E-state index contributed by atoms with van der Waals surface area (Å²) in [6.07, 6.45) is -0.612. The Hall–Kier alpha value is -2.78. The van der Waals surface area contributed by atoms with Crippen LogP contribution in [0.15, 0.2) is 16.9 Å². The summed E-state index contributed by atoms with van der Waals surface area (Å²) >= 11 is 0. The fraction of sp³-hybridized carbons (Fsp3) is 0.474. The minimum atomic E-state index is -4.93. The topological polar surface area (TPSA) is 86.7 Å². The van der Waals surface area contributed by atoms with E-state index in [4.69, 9.17) is 0 Å². The number of H-pyrrole nitrogens is 2. The average Bonchev–Trinajstić information content (AvgIpc) is 3.36. The Morgan fingerprint density at radius 3 is 2.59 bits per heavy atom. The van der Waals surface area contributed by atoms with Crippen molar-refractivity contribution in [3.63, 3.8) is 0 Å². The normalized spacial score (nSPS) is 16.7. The predicted octanol–water partition coefficient (Wildman–Crippen LogP) is 4.57. The van der Waals surface area contributed by atoms with Crippen molar-refractivity contribution in [1.29, 1.82) is 0 Å². The molecule has 1 atom stereocenters. The first-order chi connectivity index (χ1) is 13.7. The molecule has 1 aliphatic carbocycles. The van der Waals surface area contributed by atoms with E-state index < -0.39 is 34.9 Å². The lowest BCUT2D eigenvalue weighted by Gasteiger charge is -2.20. The molecule has 1 fully saturated rings. The maximum atomic E-state index is 13.9. The number of hydrogen-bond acceptors (Lipinski definition) is 3. The van der Waals surface area contributed by atoms with Gasteiger partial charge in [0.25, 0.3) is 5.56 Å². The number of halogens is 4. The lowest BCUT2D eigenvalue weighted by molar-refractivity contribution is -0.139. The van der Waals surface area contributed by atoms with Crippen molar-refractivity contribution in [3.8, 4) is 5.75 Å². The van der Waals surface area contributed by atoms with E-state index in [1.54, 1.807) is 6.92 Å². The van der Waals surface area contributed by atoms with Crippen molar-refractivity contribution in [2.75, 3.05) is 0 Å². The highest BCUT2D eigenvalue weighted by atomic mass is 19.4. The van der Waals surface area contributed by atoms with Crippen LogP contribution < -0.4 is 5.56 Å². The van der Waals surface area contributed by atoms with E-state index in [1.165, 1.54) is 0 Å². The molecule has 156 valence electrons. The van der Waals surface area contributed by atoms with Gasteiger partial charge >= 0.3 is 6.18 Å². The molecule has 1 saturated carbocycles. The van der Waals surface area contributed by atoms with E-state index in [9.17, 15) is 27.5 Å². The third kappa shape index (κ3) is 3.30. The largest absolute Gasteiger partial charge is 0.507 e. The molecule has 2 aromatic heterocycles. The van der Waals surface area contributed by atoms with Gasteiger partial charge in [-0.15, -0.1) is 0 Å². The summed E-state index contributed by atoms with van der Waals surface area (Å²) in [7, 11) is 0. The summed E-state index contributed by atoms with van der Waals surface area (Å²) in [4.78, 5) is 20.3. The molecule has 0 radical (unpaired) electrons. The first-order valence-electron chi connectivity index (χ1n) is 9.50. The highest BCUT2D eigenvalue weighted by Crippen LogP contribution is 2.41. The number of hydrogen-bond donors (Lipinski definition) is 3. The number of aromatic amines is 2. The van der Waals surface area contributed by atoms with Crippen LogP contribution in [0.1, 0.15) is 67.9 Å². The van der Waals surface area contributed by atoms with Gasteiger partial charge in [-0.2, -0.15) is 13.2 Å². The number of nitrogens with one attached hydrogen (secondary N) is 2. The standard InChI is InChI=1S/C19H20F4N4O2/c1-2-13(11-7-10(20)8-12(15(11)28)19(21,22)23)27-18(29)14-17(26-27)25-16(24-14)9-5-3-4-6-9/h7-9,13,26,28H,2-6H2,1H3,(H,24,25). The number of alkyl halides is 3. The summed E-state index contributed by atoms with van der Waals surface area (Å²) in [6, 6.07) is 0.0393. The number of aromatic hydroxyl groups is 1. The number of imidazole rings is 1. The van der Waals surface area contributed by atoms with Crippen LogP contribution in [0.4, 0.5) is 17.6 Å². The Morgan fingerprint density at radius 2 is 2.00 bits per heavy atom. The van der Waals surface area contributed by atoms with Gasteiger partial charge in [-0.1, -0.05) is 19.8 Å². The van der Waals surface area contributed by atoms with E-state index in [0.717, 1.165) is 36.4 Å². The molecule has 4 rings (SSSR count). The molecule has 0 bridgehead atoms. The molecule has 0 saturated heterocycles. The molecule has 1 unspecified atom stereocenters. The summed E-state index contributed by atoms with van der Waals surface area (Å²) in [5.74, 6) is -1.26. The maximum absolute atomic E-state index is 13.9. The molecular formula is C19H20F4N4O2. The van der Waals surface area contributed by atoms with Crippen molar-refractivity contribution in [1.82, 2.24) is 19.7 Å². The van der Waals surface area contributed by atoms with Crippen LogP contribution in [0.25, 0.3) is 11.2 Å². The summed E-state index contributed by atoms with van der Waals surface area (Å²) in [6.45, 7) is 1.63. The Labute approximate surface area is 162 Å². The van der Waals surface area contributed by atoms with Crippen LogP contribution in [-0.2, 0) is 6.18 Å². The summed E-state index contributed by atoms with van der Waals surface area (Å²) in [5, 5.41) is 13.0. The number of phenols is 1. The second kappa shape index (κ2) is 6.93. The third-order valence-electron chi connectivity index (χ3n) is 5.59. The number of nitrogens with zero attached hydrogens (tertiary/aromatic N) is 2. The second-order valence-electron chi connectivity index (χ2n) is 7.43. The van der Waals surface area contributed by atoms with Crippen molar-refractivity contribution in [2.45, 2.75) is 57.2 Å². The van der Waals surface area contributed by atoms with Gasteiger partial charge in [0, 0.05) is 11.5 Å². The van der Waals surface area contributed by atoms with E-state index in [0.29, 0.717) is 11.5 Å². The number of benzene rings is 1. The monoisotopic (exact) mass is 412 g/mol. The highest BCUT2D eigenvalue weighted by Gasteiger charge is 2.37. The molecule has 29 heavy (non-hydrogen) atoms. The van der Waals surface area contributed by atoms with Gasteiger partial charge in [0.15, 0.2) is 11.2 Å². The lowest BCUT2D eigenvalue weighted by atomic mass is 9.99. The van der Waals surface area contributed by atoms with Gasteiger partial charge in [-0.3, -0.25) is 9.89 Å². The summed E-state index contributed by atoms with van der Waals surface area (Å²) < 4.78 is 54.4. The van der Waals surface area contributed by atoms with Gasteiger partial charge in [-0.05, 0) is 31.4 Å². The van der Waals surface area contributed by atoms with Gasteiger partial charge in [0.1, 0.15) is 23.0 Å². The molecule has 3 aromatic rings. The van der Waals surface area contributed by atoms with Crippen LogP contribution in [0.3, 0.4) is 0 Å². The highest BCUT2D eigenvalue weighted by molar-refractivity contribution is 5.70. The SMILES string of the molecule is CCC(c1cc(F)cc(C(F)(F)F)c1O)n1[nH]c2nc(C3CCCC3)[nH]c2c1=O. The van der Waals surface area contributed by atoms with Crippen molar-refractivity contribution in [2.24, 2.45) is 0 Å². The molecule has 0 amide bonds. The molecular weight excluding hydrogens is 392 g/mol. The second-order valence-corrected chi connectivity index (χ2v) is 7.43. The molecule has 0 aliphatic heterocycles. The molecule has 10 heteroatoms. The van der Waals surface area contributed by atoms with Crippen molar-refractivity contribution < 1.29 is 22.7 Å². The van der Waals surface area contributed by atoms with E-state index >= 15 is 0 Å². The zero-order chi connectivity index (χ0) is 20.9. The Kier molecular flexibility index (Phi) is 4.66. The van der Waals surface area contributed by atoms with Crippen LogP contribution in [0.5, 0.6) is 5.75 Å². The van der Waals surface area contributed by atoms with Crippen LogP contribution >= 0.6 is 0 Å². The molecule has 6 nitrogen and oxygen atoms in total. The first-order valence-corrected chi connectivity index (χ1v) is 9.50. The Balaban J connectivity index is 1.80. The molecule has 2 heterocycles. The maximum Gasteiger partial charge on any atom is 0.420 e. The molecule has 0 spiro atoms. The number of fused-ring (bicyclic) bond motifs is 1. The first kappa shape index (κ1) is 19.5. The molecule has 1 aromatic carbocycles. The predicted molar refractivity (Wildman–Crippen MR) is 97.4 cm³/mol. The smallest absolute Gasteiger partial charge is 0.420 e.